The van der Waals surface area contributed by atoms with Gasteiger partial charge in [-0.05, 0) is 25.0 Å². The van der Waals surface area contributed by atoms with E-state index in [9.17, 15) is 9.59 Å². The Morgan fingerprint density at radius 1 is 1.32 bits per heavy atom. The molecule has 1 heterocycles. The molecule has 5 nitrogen and oxygen atoms in total. The van der Waals surface area contributed by atoms with E-state index in [2.05, 4.69) is 5.32 Å². The fraction of sp³-hybridized carbons (Fsp3) is 0.538. The smallest absolute Gasteiger partial charge is 0.345 e. The molecule has 1 amide bonds. The van der Waals surface area contributed by atoms with E-state index in [0.29, 0.717) is 4.88 Å². The molecule has 6 heteroatoms. The molecule has 19 heavy (non-hydrogen) atoms. The van der Waals surface area contributed by atoms with Gasteiger partial charge in [-0.25, -0.2) is 4.79 Å². The second-order valence-corrected chi connectivity index (χ2v) is 5.69. The minimum Gasteiger partial charge on any atom is -0.477 e. The van der Waals surface area contributed by atoms with Crippen molar-refractivity contribution in [2.75, 3.05) is 7.11 Å². The number of rotatable bonds is 4. The predicted octanol–water partition coefficient (Wildman–Crippen LogP) is 2.13. The molecule has 1 aromatic heterocycles. The van der Waals surface area contributed by atoms with E-state index in [0.717, 1.165) is 37.0 Å². The van der Waals surface area contributed by atoms with Crippen molar-refractivity contribution in [1.82, 2.24) is 5.32 Å². The topological polar surface area (TPSA) is 75.6 Å². The molecular weight excluding hydrogens is 266 g/mol. The fourth-order valence-electron chi connectivity index (χ4n) is 2.36. The van der Waals surface area contributed by atoms with Gasteiger partial charge in [-0.15, -0.1) is 11.3 Å². The van der Waals surface area contributed by atoms with Gasteiger partial charge in [0.25, 0.3) is 5.91 Å². The van der Waals surface area contributed by atoms with Gasteiger partial charge >= 0.3 is 5.97 Å². The summed E-state index contributed by atoms with van der Waals surface area (Å²) in [6.07, 6.45) is 4.10. The van der Waals surface area contributed by atoms with Gasteiger partial charge in [-0.1, -0.05) is 12.8 Å². The standard InChI is InChI=1S/C13H17NO4S/c1-18-9-5-3-2-4-8(9)14-12(15)10-6-7-11(19-10)13(16)17/h6-9H,2-5H2,1H3,(H,14,15)(H,16,17)/t8-,9-/m0/s1. The first-order valence-electron chi connectivity index (χ1n) is 6.28. The van der Waals surface area contributed by atoms with Crippen LogP contribution in [-0.2, 0) is 4.74 Å². The van der Waals surface area contributed by atoms with Gasteiger partial charge in [0, 0.05) is 7.11 Å². The third-order valence-electron chi connectivity index (χ3n) is 3.36. The maximum Gasteiger partial charge on any atom is 0.345 e. The third-order valence-corrected chi connectivity index (χ3v) is 4.43. The zero-order valence-electron chi connectivity index (χ0n) is 10.7. The molecule has 2 atom stereocenters. The van der Waals surface area contributed by atoms with Crippen LogP contribution in [0, 0.1) is 0 Å². The number of carboxylic acid groups (broad SMARTS) is 1. The molecule has 2 rings (SSSR count). The number of amides is 1. The molecule has 1 aliphatic rings. The minimum atomic E-state index is -1.00. The van der Waals surface area contributed by atoms with Crippen LogP contribution < -0.4 is 5.32 Å². The molecule has 0 saturated heterocycles. The second-order valence-electron chi connectivity index (χ2n) is 4.61. The SMILES string of the molecule is CO[C@H]1CCCC[C@@H]1NC(=O)c1ccc(C(=O)O)s1. The largest absolute Gasteiger partial charge is 0.477 e. The molecule has 0 bridgehead atoms. The van der Waals surface area contributed by atoms with Gasteiger partial charge in [0.1, 0.15) is 4.88 Å². The van der Waals surface area contributed by atoms with Crippen LogP contribution in [0.1, 0.15) is 45.0 Å². The van der Waals surface area contributed by atoms with Crippen LogP contribution in [0.3, 0.4) is 0 Å². The third kappa shape index (κ3) is 3.33. The molecule has 0 spiro atoms. The number of carboxylic acids is 1. The fourth-order valence-corrected chi connectivity index (χ4v) is 3.11. The maximum absolute atomic E-state index is 12.1. The maximum atomic E-state index is 12.1. The Kier molecular flexibility index (Phi) is 4.55. The highest BCUT2D eigenvalue weighted by Crippen LogP contribution is 2.22. The summed E-state index contributed by atoms with van der Waals surface area (Å²) in [7, 11) is 1.66. The molecule has 1 saturated carbocycles. The molecule has 0 radical (unpaired) electrons. The molecule has 0 aliphatic heterocycles. The van der Waals surface area contributed by atoms with E-state index in [-0.39, 0.29) is 22.9 Å². The van der Waals surface area contributed by atoms with Crippen LogP contribution in [0.25, 0.3) is 0 Å². The van der Waals surface area contributed by atoms with E-state index in [1.807, 2.05) is 0 Å². The molecule has 0 aromatic carbocycles. The monoisotopic (exact) mass is 283 g/mol. The molecule has 1 aromatic rings. The summed E-state index contributed by atoms with van der Waals surface area (Å²) in [6.45, 7) is 0. The van der Waals surface area contributed by atoms with E-state index in [1.54, 1.807) is 13.2 Å². The number of nitrogens with one attached hydrogen (secondary N) is 1. The lowest BCUT2D eigenvalue weighted by Gasteiger charge is -2.30. The predicted molar refractivity (Wildman–Crippen MR) is 71.8 cm³/mol. The summed E-state index contributed by atoms with van der Waals surface area (Å²) in [5, 5.41) is 11.8. The van der Waals surface area contributed by atoms with E-state index < -0.39 is 5.97 Å². The summed E-state index contributed by atoms with van der Waals surface area (Å²) in [4.78, 5) is 23.5. The van der Waals surface area contributed by atoms with Gasteiger partial charge in [-0.3, -0.25) is 4.79 Å². The Hall–Kier alpha value is -1.40. The second kappa shape index (κ2) is 6.16. The highest BCUT2D eigenvalue weighted by molar-refractivity contribution is 7.15. The molecule has 0 unspecified atom stereocenters. The molecule has 1 fully saturated rings. The van der Waals surface area contributed by atoms with Crippen molar-refractivity contribution < 1.29 is 19.4 Å². The normalized spacial score (nSPS) is 23.0. The Morgan fingerprint density at radius 2 is 2.00 bits per heavy atom. The van der Waals surface area contributed by atoms with E-state index >= 15 is 0 Å². The van der Waals surface area contributed by atoms with Crippen molar-refractivity contribution >= 4 is 23.2 Å². The van der Waals surface area contributed by atoms with Gasteiger partial charge in [0.05, 0.1) is 17.0 Å². The number of carbonyl (C=O) groups is 2. The van der Waals surface area contributed by atoms with Crippen molar-refractivity contribution in [1.29, 1.82) is 0 Å². The minimum absolute atomic E-state index is 0.0154. The van der Waals surface area contributed by atoms with Gasteiger partial charge < -0.3 is 15.2 Å². The summed E-state index contributed by atoms with van der Waals surface area (Å²) in [5.41, 5.74) is 0. The average Bonchev–Trinajstić information content (AvgIpc) is 2.89. The van der Waals surface area contributed by atoms with Crippen LogP contribution in [0.15, 0.2) is 12.1 Å². The van der Waals surface area contributed by atoms with Crippen molar-refractivity contribution in [3.8, 4) is 0 Å². The van der Waals surface area contributed by atoms with Crippen LogP contribution in [-0.4, -0.2) is 36.2 Å². The highest BCUT2D eigenvalue weighted by Gasteiger charge is 2.27. The summed E-state index contributed by atoms with van der Waals surface area (Å²) < 4.78 is 5.38. The molecule has 104 valence electrons. The number of hydrogen-bond donors (Lipinski definition) is 2. The Labute approximate surface area is 115 Å². The van der Waals surface area contributed by atoms with Crippen LogP contribution in [0.2, 0.25) is 0 Å². The van der Waals surface area contributed by atoms with Crippen molar-refractivity contribution in [3.05, 3.63) is 21.9 Å². The summed E-state index contributed by atoms with van der Waals surface area (Å²) in [5.74, 6) is -1.22. The van der Waals surface area contributed by atoms with Gasteiger partial charge in [0.2, 0.25) is 0 Å². The molecule has 1 aliphatic carbocycles. The first-order chi connectivity index (χ1) is 9.11. The summed E-state index contributed by atoms with van der Waals surface area (Å²) in [6, 6.07) is 3.02. The van der Waals surface area contributed by atoms with Crippen molar-refractivity contribution in [2.24, 2.45) is 0 Å². The summed E-state index contributed by atoms with van der Waals surface area (Å²) >= 11 is 0.994. The lowest BCUT2D eigenvalue weighted by Crippen LogP contribution is -2.45. The first kappa shape index (κ1) is 14.0. The number of aromatic carboxylic acids is 1. The number of carbonyl (C=O) groups excluding carboxylic acids is 1. The van der Waals surface area contributed by atoms with Crippen molar-refractivity contribution in [3.63, 3.8) is 0 Å². The van der Waals surface area contributed by atoms with Crippen molar-refractivity contribution in [2.45, 2.75) is 37.8 Å². The molecular formula is C13H17NO4S. The van der Waals surface area contributed by atoms with Crippen LogP contribution in [0.4, 0.5) is 0 Å². The zero-order valence-corrected chi connectivity index (χ0v) is 11.5. The highest BCUT2D eigenvalue weighted by atomic mass is 32.1. The molecule has 2 N–H and O–H groups in total. The van der Waals surface area contributed by atoms with E-state index in [4.69, 9.17) is 9.84 Å². The first-order valence-corrected chi connectivity index (χ1v) is 7.10. The number of thiophene rings is 1. The average molecular weight is 283 g/mol. The number of hydrogen-bond acceptors (Lipinski definition) is 4. The Bertz CT molecular complexity index is 471. The Balaban J connectivity index is 2.01. The lowest BCUT2D eigenvalue weighted by atomic mass is 9.92. The zero-order chi connectivity index (χ0) is 13.8. The van der Waals surface area contributed by atoms with E-state index in [1.165, 1.54) is 6.07 Å². The van der Waals surface area contributed by atoms with Gasteiger partial charge in [-0.2, -0.15) is 0 Å². The lowest BCUT2D eigenvalue weighted by molar-refractivity contribution is 0.0393. The quantitative estimate of drug-likeness (QED) is 0.887. The van der Waals surface area contributed by atoms with Crippen LogP contribution >= 0.6 is 11.3 Å². The van der Waals surface area contributed by atoms with Crippen LogP contribution in [0.5, 0.6) is 0 Å². The van der Waals surface area contributed by atoms with Gasteiger partial charge in [0.15, 0.2) is 0 Å². The number of methoxy groups -OCH3 is 1. The Morgan fingerprint density at radius 3 is 2.63 bits per heavy atom. The number of ether oxygens (including phenoxy) is 1.